The number of benzene rings is 1. The summed E-state index contributed by atoms with van der Waals surface area (Å²) in [5, 5.41) is 9.31. The van der Waals surface area contributed by atoms with Gasteiger partial charge >= 0.3 is 6.18 Å². The van der Waals surface area contributed by atoms with E-state index in [0.29, 0.717) is 25.1 Å². The van der Waals surface area contributed by atoms with Gasteiger partial charge in [-0.1, -0.05) is 6.07 Å². The van der Waals surface area contributed by atoms with Crippen LogP contribution in [0.15, 0.2) is 41.0 Å². The largest absolute Gasteiger partial charge is 0.472 e. The first-order valence-electron chi connectivity index (χ1n) is 7.52. The normalized spacial score (nSPS) is 17.4. The second-order valence-electron chi connectivity index (χ2n) is 5.60. The molecular weight excluding hydrogens is 399 g/mol. The van der Waals surface area contributed by atoms with E-state index in [1.807, 2.05) is 17.0 Å². The molecule has 0 amide bonds. The lowest BCUT2D eigenvalue weighted by Crippen LogP contribution is -2.25. The predicted octanol–water partition coefficient (Wildman–Crippen LogP) is 4.39. The zero-order chi connectivity index (χ0) is 18.0. The molecule has 1 saturated heterocycles. The van der Waals surface area contributed by atoms with Gasteiger partial charge in [0.05, 0.1) is 23.4 Å². The summed E-state index contributed by atoms with van der Waals surface area (Å²) in [6, 6.07) is 9.88. The Morgan fingerprint density at radius 3 is 2.72 bits per heavy atom. The fraction of sp³-hybridized carbons (Fsp3) is 0.294. The number of aromatic nitrogens is 1. The second kappa shape index (κ2) is 6.92. The van der Waals surface area contributed by atoms with Gasteiger partial charge in [0, 0.05) is 29.7 Å². The third-order valence-electron chi connectivity index (χ3n) is 3.94. The lowest BCUT2D eigenvalue weighted by Gasteiger charge is -2.20. The summed E-state index contributed by atoms with van der Waals surface area (Å²) < 4.78 is 44.1. The van der Waals surface area contributed by atoms with Crippen molar-refractivity contribution in [1.29, 1.82) is 5.26 Å². The number of hydrogen-bond acceptors (Lipinski definition) is 4. The Hall–Kier alpha value is -2.27. The Morgan fingerprint density at radius 2 is 2.08 bits per heavy atom. The van der Waals surface area contributed by atoms with Gasteiger partial charge in [0.2, 0.25) is 5.88 Å². The molecule has 1 aliphatic heterocycles. The number of ether oxygens (including phenoxy) is 1. The molecule has 0 aliphatic carbocycles. The molecule has 0 spiro atoms. The molecule has 1 fully saturated rings. The van der Waals surface area contributed by atoms with Crippen LogP contribution in [0.4, 0.5) is 18.9 Å². The van der Waals surface area contributed by atoms with Crippen LogP contribution in [0.5, 0.6) is 5.88 Å². The van der Waals surface area contributed by atoms with Crippen molar-refractivity contribution in [3.63, 3.8) is 0 Å². The second-order valence-corrected chi connectivity index (χ2v) is 6.46. The minimum absolute atomic E-state index is 0.162. The maximum atomic E-state index is 12.5. The third kappa shape index (κ3) is 3.87. The van der Waals surface area contributed by atoms with E-state index < -0.39 is 11.7 Å². The van der Waals surface area contributed by atoms with E-state index >= 15 is 0 Å². The van der Waals surface area contributed by atoms with Crippen LogP contribution < -0.4 is 9.64 Å². The number of halogens is 4. The van der Waals surface area contributed by atoms with Crippen LogP contribution in [0.2, 0.25) is 0 Å². The summed E-state index contributed by atoms with van der Waals surface area (Å²) >= 11 is 3.36. The predicted molar refractivity (Wildman–Crippen MR) is 89.3 cm³/mol. The van der Waals surface area contributed by atoms with Crippen LogP contribution in [0.3, 0.4) is 0 Å². The van der Waals surface area contributed by atoms with Crippen molar-refractivity contribution in [1.82, 2.24) is 4.98 Å². The van der Waals surface area contributed by atoms with E-state index in [0.717, 1.165) is 22.4 Å². The van der Waals surface area contributed by atoms with Crippen molar-refractivity contribution in [2.75, 3.05) is 18.0 Å². The molecule has 2 heterocycles. The minimum atomic E-state index is -4.41. The van der Waals surface area contributed by atoms with Crippen LogP contribution in [-0.4, -0.2) is 24.2 Å². The molecular formula is C17H13BrF3N3O. The molecule has 0 unspecified atom stereocenters. The smallest absolute Gasteiger partial charge is 0.417 e. The number of pyridine rings is 1. The van der Waals surface area contributed by atoms with Crippen molar-refractivity contribution < 1.29 is 17.9 Å². The van der Waals surface area contributed by atoms with E-state index in [-0.39, 0.29) is 12.0 Å². The number of hydrogen-bond donors (Lipinski definition) is 0. The highest BCUT2D eigenvalue weighted by atomic mass is 79.9. The van der Waals surface area contributed by atoms with Crippen molar-refractivity contribution in [3.05, 3.63) is 52.1 Å². The summed E-state index contributed by atoms with van der Waals surface area (Å²) in [6.07, 6.45) is -3.15. The van der Waals surface area contributed by atoms with E-state index in [2.05, 4.69) is 27.0 Å². The number of rotatable bonds is 3. The Labute approximate surface area is 151 Å². The lowest BCUT2D eigenvalue weighted by molar-refractivity contribution is -0.137. The van der Waals surface area contributed by atoms with Crippen molar-refractivity contribution in [2.45, 2.75) is 18.7 Å². The van der Waals surface area contributed by atoms with E-state index in [9.17, 15) is 18.4 Å². The molecule has 1 aromatic carbocycles. The molecule has 0 radical (unpaired) electrons. The number of nitrogens with zero attached hydrogens (tertiary/aromatic N) is 3. The van der Waals surface area contributed by atoms with Crippen LogP contribution >= 0.6 is 15.9 Å². The number of alkyl halides is 3. The quantitative estimate of drug-likeness (QED) is 0.751. The topological polar surface area (TPSA) is 49.2 Å². The fourth-order valence-electron chi connectivity index (χ4n) is 2.72. The van der Waals surface area contributed by atoms with Gasteiger partial charge in [-0.3, -0.25) is 0 Å². The molecule has 4 nitrogen and oxygen atoms in total. The monoisotopic (exact) mass is 411 g/mol. The molecule has 1 atom stereocenters. The lowest BCUT2D eigenvalue weighted by atomic mass is 10.2. The average Bonchev–Trinajstić information content (AvgIpc) is 3.02. The molecule has 0 bridgehead atoms. The minimum Gasteiger partial charge on any atom is -0.472 e. The Bertz CT molecular complexity index is 802. The van der Waals surface area contributed by atoms with Crippen LogP contribution in [0.1, 0.15) is 17.5 Å². The molecule has 1 aromatic heterocycles. The zero-order valence-corrected chi connectivity index (χ0v) is 14.5. The summed E-state index contributed by atoms with van der Waals surface area (Å²) in [4.78, 5) is 5.76. The van der Waals surface area contributed by atoms with Crippen molar-refractivity contribution in [3.8, 4) is 11.9 Å². The standard InChI is InChI=1S/C17H13BrF3N3O/c18-14-2-1-3-15(13(14)8-22)24-7-6-12(10-24)25-16-5-4-11(9-23-16)17(19,20)21/h1-5,9,12H,6-7,10H2/t12-/m0/s1. The molecule has 130 valence electrons. The highest BCUT2D eigenvalue weighted by Gasteiger charge is 2.31. The van der Waals surface area contributed by atoms with Crippen LogP contribution in [0, 0.1) is 11.3 Å². The molecule has 2 aromatic rings. The van der Waals surface area contributed by atoms with E-state index in [4.69, 9.17) is 4.74 Å². The Balaban J connectivity index is 1.68. The van der Waals surface area contributed by atoms with E-state index in [1.54, 1.807) is 6.07 Å². The molecule has 1 aliphatic rings. The first-order chi connectivity index (χ1) is 11.9. The van der Waals surface area contributed by atoms with Gasteiger partial charge in [0.25, 0.3) is 0 Å². The highest BCUT2D eigenvalue weighted by molar-refractivity contribution is 9.10. The zero-order valence-electron chi connectivity index (χ0n) is 12.9. The Morgan fingerprint density at radius 1 is 1.28 bits per heavy atom. The maximum Gasteiger partial charge on any atom is 0.417 e. The molecule has 3 rings (SSSR count). The van der Waals surface area contributed by atoms with Gasteiger partial charge in [-0.05, 0) is 34.1 Å². The van der Waals surface area contributed by atoms with Gasteiger partial charge in [-0.2, -0.15) is 18.4 Å². The van der Waals surface area contributed by atoms with Crippen molar-refractivity contribution >= 4 is 21.6 Å². The van der Waals surface area contributed by atoms with Crippen LogP contribution in [-0.2, 0) is 6.18 Å². The van der Waals surface area contributed by atoms with Gasteiger partial charge in [0.1, 0.15) is 12.2 Å². The number of nitriles is 1. The summed E-state index contributed by atoms with van der Waals surface area (Å²) in [6.45, 7) is 1.23. The number of anilines is 1. The fourth-order valence-corrected chi connectivity index (χ4v) is 3.16. The summed E-state index contributed by atoms with van der Waals surface area (Å²) in [5.74, 6) is 0.162. The van der Waals surface area contributed by atoms with Gasteiger partial charge in [-0.15, -0.1) is 0 Å². The van der Waals surface area contributed by atoms with Gasteiger partial charge in [0.15, 0.2) is 0 Å². The van der Waals surface area contributed by atoms with Crippen molar-refractivity contribution in [2.24, 2.45) is 0 Å². The first-order valence-corrected chi connectivity index (χ1v) is 8.31. The maximum absolute atomic E-state index is 12.5. The summed E-state index contributed by atoms with van der Waals surface area (Å²) in [7, 11) is 0. The highest BCUT2D eigenvalue weighted by Crippen LogP contribution is 2.31. The van der Waals surface area contributed by atoms with E-state index in [1.165, 1.54) is 6.07 Å². The summed E-state index contributed by atoms with van der Waals surface area (Å²) in [5.41, 5.74) is 0.555. The Kier molecular flexibility index (Phi) is 4.86. The SMILES string of the molecule is N#Cc1c(Br)cccc1N1CC[C@H](Oc2ccc(C(F)(F)F)cn2)C1. The van der Waals surface area contributed by atoms with Gasteiger partial charge in [-0.25, -0.2) is 4.98 Å². The third-order valence-corrected chi connectivity index (χ3v) is 4.60. The average molecular weight is 412 g/mol. The molecule has 0 saturated carbocycles. The molecule has 8 heteroatoms. The molecule has 25 heavy (non-hydrogen) atoms. The van der Waals surface area contributed by atoms with Gasteiger partial charge < -0.3 is 9.64 Å². The molecule has 0 N–H and O–H groups in total. The first kappa shape index (κ1) is 17.5. The van der Waals surface area contributed by atoms with Crippen LogP contribution in [0.25, 0.3) is 0 Å².